The van der Waals surface area contributed by atoms with Crippen LogP contribution in [-0.4, -0.2) is 131 Å². The molecule has 7 rings (SSSR count). The van der Waals surface area contributed by atoms with E-state index in [1.54, 1.807) is 0 Å². The monoisotopic (exact) mass is 1050 g/mol. The molecule has 0 spiro atoms. The molecule has 1 saturated heterocycles. The number of aromatic nitrogens is 2. The third-order valence-corrected chi connectivity index (χ3v) is 14.4. The summed E-state index contributed by atoms with van der Waals surface area (Å²) in [6.45, 7) is 26.4. The number of fused-ring (bicyclic) bond motifs is 2. The van der Waals surface area contributed by atoms with Crippen LogP contribution in [0.1, 0.15) is 92.0 Å². The predicted molar refractivity (Wildman–Crippen MR) is 301 cm³/mol. The summed E-state index contributed by atoms with van der Waals surface area (Å²) >= 11 is 9.78. The number of halogens is 1. The summed E-state index contributed by atoms with van der Waals surface area (Å²) < 4.78 is 27.2. The lowest BCUT2D eigenvalue weighted by molar-refractivity contribution is -0.107. The summed E-state index contributed by atoms with van der Waals surface area (Å²) in [6, 6.07) is 19.4. The van der Waals surface area contributed by atoms with Crippen LogP contribution in [0.15, 0.2) is 87.1 Å². The zero-order valence-corrected chi connectivity index (χ0v) is 45.8. The van der Waals surface area contributed by atoms with Crippen molar-refractivity contribution in [2.24, 2.45) is 26.7 Å². The second-order valence-corrected chi connectivity index (χ2v) is 19.3. The molecule has 2 aromatic carbocycles. The van der Waals surface area contributed by atoms with Gasteiger partial charge in [0.2, 0.25) is 12.8 Å². The molecule has 4 N–H and O–H groups in total. The number of anilines is 1. The number of aryl methyl sites for hydroxylation is 2. The Hall–Kier alpha value is -4.98. The Bertz CT molecular complexity index is 2360. The van der Waals surface area contributed by atoms with Gasteiger partial charge in [0.1, 0.15) is 5.00 Å². The number of rotatable bonds is 22. The number of carbonyl (C=O) groups is 2. The Balaban J connectivity index is 0.000000365. The first-order valence-electron chi connectivity index (χ1n) is 24.7. The van der Waals surface area contributed by atoms with Crippen molar-refractivity contribution in [2.75, 3.05) is 84.4 Å². The summed E-state index contributed by atoms with van der Waals surface area (Å²) in [4.78, 5) is 27.2. The van der Waals surface area contributed by atoms with Gasteiger partial charge in [-0.25, -0.2) is 8.82 Å². The molecular weight excluding hydrogens is 970 g/mol. The first-order chi connectivity index (χ1) is 35.1. The summed E-state index contributed by atoms with van der Waals surface area (Å²) in [7, 11) is 1.83. The van der Waals surface area contributed by atoms with Crippen molar-refractivity contribution in [1.29, 1.82) is 0 Å². The fraction of sp³-hybridized carbons (Fsp3) is 0.481. The van der Waals surface area contributed by atoms with Gasteiger partial charge < -0.3 is 35.3 Å². The molecular formula is C54H78ClN9O6S2. The minimum atomic E-state index is 0.250. The van der Waals surface area contributed by atoms with Crippen molar-refractivity contribution in [2.45, 2.75) is 97.0 Å². The van der Waals surface area contributed by atoms with Crippen molar-refractivity contribution in [3.63, 3.8) is 0 Å². The maximum Gasteiger partial charge on any atom is 0.204 e. The fourth-order valence-electron chi connectivity index (χ4n) is 7.87. The molecule has 0 atom stereocenters. The molecule has 72 heavy (non-hydrogen) atoms. The number of hydrogen-bond donors (Lipinski definition) is 2. The second kappa shape index (κ2) is 36.0. The number of nitrogens with two attached hydrogens (primary N) is 2. The number of pyridine rings is 1. The number of thiophene rings is 1. The number of benzene rings is 2. The molecule has 5 heterocycles. The van der Waals surface area contributed by atoms with Gasteiger partial charge >= 0.3 is 0 Å². The minimum absolute atomic E-state index is 0.250. The van der Waals surface area contributed by atoms with E-state index in [9.17, 15) is 0 Å². The maximum atomic E-state index is 8.58. The van der Waals surface area contributed by atoms with Gasteiger partial charge in [0, 0.05) is 98.7 Å². The quantitative estimate of drug-likeness (QED) is 0.0222. The number of piperidine rings is 1. The van der Waals surface area contributed by atoms with E-state index < -0.39 is 0 Å². The number of carbonyl (C=O) groups excluding carboxylic acids is 2. The molecule has 0 aliphatic carbocycles. The van der Waals surface area contributed by atoms with Crippen LogP contribution < -0.4 is 16.4 Å². The molecule has 3 aromatic heterocycles. The SMILES string of the molecule is C=NN=C.CCCOCCCCCOCCOCCc1ccc(-c2ccn3ncc(CC)c3c2)c(SN2CCC(OC)CC2)c1.CCN1CCN=C(c2ccc(Cl)cc2)c2c1sc(C)c2C.NC=O.NC=O. The van der Waals surface area contributed by atoms with Crippen LogP contribution in [0.2, 0.25) is 5.02 Å². The number of nitrogens with zero attached hydrogens (tertiary/aromatic N) is 7. The largest absolute Gasteiger partial charge is 0.381 e. The Morgan fingerprint density at radius 2 is 1.50 bits per heavy atom. The fourth-order valence-corrected chi connectivity index (χ4v) is 10.4. The van der Waals surface area contributed by atoms with Gasteiger partial charge in [-0.3, -0.25) is 14.6 Å². The summed E-state index contributed by atoms with van der Waals surface area (Å²) in [5, 5.41) is 12.6. The van der Waals surface area contributed by atoms with Crippen LogP contribution >= 0.6 is 34.9 Å². The average Bonchev–Trinajstić information content (AvgIpc) is 3.88. The first kappa shape index (κ1) is 61.3. The van der Waals surface area contributed by atoms with Crippen LogP contribution in [0, 0.1) is 13.8 Å². The van der Waals surface area contributed by atoms with Gasteiger partial charge in [0.15, 0.2) is 0 Å². The van der Waals surface area contributed by atoms with E-state index in [0.29, 0.717) is 25.9 Å². The lowest BCUT2D eigenvalue weighted by Crippen LogP contribution is -2.32. The number of amides is 2. The van der Waals surface area contributed by atoms with Crippen LogP contribution in [0.3, 0.4) is 0 Å². The average molecular weight is 1050 g/mol. The van der Waals surface area contributed by atoms with Gasteiger partial charge in [0.25, 0.3) is 0 Å². The van der Waals surface area contributed by atoms with E-state index in [1.165, 1.54) is 53.7 Å². The smallest absolute Gasteiger partial charge is 0.204 e. The highest BCUT2D eigenvalue weighted by molar-refractivity contribution is 7.97. The molecule has 0 unspecified atom stereocenters. The van der Waals surface area contributed by atoms with Crippen LogP contribution in [-0.2, 0) is 41.4 Å². The third kappa shape index (κ3) is 20.5. The highest BCUT2D eigenvalue weighted by Gasteiger charge is 2.25. The van der Waals surface area contributed by atoms with Crippen molar-refractivity contribution < 1.29 is 28.5 Å². The van der Waals surface area contributed by atoms with Gasteiger partial charge in [0.05, 0.1) is 49.9 Å². The molecule has 2 amide bonds. The lowest BCUT2D eigenvalue weighted by Gasteiger charge is -2.30. The number of methoxy groups -OCH3 is 1. The molecule has 394 valence electrons. The molecule has 1 fully saturated rings. The number of ether oxygens (including phenoxy) is 4. The molecule has 0 bridgehead atoms. The number of likely N-dealkylation sites (N-methyl/N-ethyl adjacent to an activating group) is 1. The van der Waals surface area contributed by atoms with E-state index >= 15 is 0 Å². The van der Waals surface area contributed by atoms with Crippen LogP contribution in [0.4, 0.5) is 5.00 Å². The van der Waals surface area contributed by atoms with Gasteiger partial charge in [-0.05, 0) is 142 Å². The van der Waals surface area contributed by atoms with E-state index in [2.05, 4.69) is 133 Å². The number of aliphatic imine (C=N–C) groups is 1. The van der Waals surface area contributed by atoms with Crippen LogP contribution in [0.5, 0.6) is 0 Å². The van der Waals surface area contributed by atoms with Crippen molar-refractivity contribution in [3.8, 4) is 11.1 Å². The standard InChI is InChI=1S/C33H49N3O4S.C17H19ClN2S.C2H4N2.2CH3NO/c1-4-18-38-19-7-6-8-20-39-22-23-40-21-14-27-9-10-31(29-11-17-36-32(25-29)28(5-2)26-34-36)33(24-27)41-35-15-12-30(37-3)13-16-35;1-4-20-10-9-19-16(13-5-7-14(18)8-6-13)15-11(2)12(3)21-17(15)20;1-3-4-2;2*2-1-3/h9-11,17,24-26,30H,4-8,12-16,18-23H2,1-3H3;5-8H,4,9-10H2,1-3H3;1-2H2;2*1H,(H2,2,3). The lowest BCUT2D eigenvalue weighted by atomic mass is 10.00. The third-order valence-electron chi connectivity index (χ3n) is 11.8. The van der Waals surface area contributed by atoms with Crippen molar-refractivity contribution >= 4 is 77.4 Å². The Morgan fingerprint density at radius 1 is 0.847 bits per heavy atom. The normalized spacial score (nSPS) is 13.3. The zero-order valence-electron chi connectivity index (χ0n) is 43.4. The van der Waals surface area contributed by atoms with E-state index in [1.807, 2.05) is 53.2 Å². The van der Waals surface area contributed by atoms with Crippen molar-refractivity contribution in [1.82, 2.24) is 13.9 Å². The predicted octanol–water partition coefficient (Wildman–Crippen LogP) is 10.1. The molecule has 18 heteroatoms. The van der Waals surface area contributed by atoms with Crippen molar-refractivity contribution in [3.05, 3.63) is 105 Å². The van der Waals surface area contributed by atoms with Crippen LogP contribution in [0.25, 0.3) is 16.6 Å². The topological polar surface area (TPSA) is 184 Å². The maximum absolute atomic E-state index is 8.58. The second-order valence-electron chi connectivity index (χ2n) is 16.5. The molecule has 0 saturated carbocycles. The van der Waals surface area contributed by atoms with E-state index in [0.717, 1.165) is 120 Å². The highest BCUT2D eigenvalue weighted by Crippen LogP contribution is 2.39. The Labute approximate surface area is 441 Å². The minimum Gasteiger partial charge on any atom is -0.381 e. The molecule has 15 nitrogen and oxygen atoms in total. The number of unbranched alkanes of at least 4 members (excludes halogenated alkanes) is 2. The number of primary amides is 2. The van der Waals surface area contributed by atoms with Gasteiger partial charge in [-0.15, -0.1) is 11.3 Å². The van der Waals surface area contributed by atoms with Gasteiger partial charge in [-0.1, -0.05) is 49.7 Å². The Kier molecular flexibility index (Phi) is 30.7. The highest BCUT2D eigenvalue weighted by atomic mass is 35.5. The van der Waals surface area contributed by atoms with E-state index in [4.69, 9.17) is 45.1 Å². The van der Waals surface area contributed by atoms with Gasteiger partial charge in [-0.2, -0.15) is 15.3 Å². The molecule has 5 aromatic rings. The summed E-state index contributed by atoms with van der Waals surface area (Å²) in [5.41, 5.74) is 19.5. The summed E-state index contributed by atoms with van der Waals surface area (Å²) in [6.07, 6.45) is 13.4. The number of hydrogen-bond acceptors (Lipinski definition) is 14. The summed E-state index contributed by atoms with van der Waals surface area (Å²) in [5.74, 6) is 0. The molecule has 2 aliphatic rings. The first-order valence-corrected chi connectivity index (χ1v) is 26.7. The molecule has 2 aliphatic heterocycles. The Morgan fingerprint density at radius 3 is 2.11 bits per heavy atom. The van der Waals surface area contributed by atoms with E-state index in [-0.39, 0.29) is 12.8 Å². The molecule has 0 radical (unpaired) electrons. The zero-order chi connectivity index (χ0) is 52.5.